The van der Waals surface area contributed by atoms with Gasteiger partial charge in [-0.05, 0) is 30.3 Å². The number of halogens is 1. The summed E-state index contributed by atoms with van der Waals surface area (Å²) in [5, 5.41) is 0. The second kappa shape index (κ2) is 6.57. The first-order valence-corrected chi connectivity index (χ1v) is 4.94. The Morgan fingerprint density at radius 3 is 2.53 bits per heavy atom. The molecule has 0 unspecified atom stereocenters. The minimum Gasteiger partial charge on any atom is -0.497 e. The highest BCUT2D eigenvalue weighted by atomic mass is 35.5. The first-order chi connectivity index (χ1) is 7.88. The van der Waals surface area contributed by atoms with Gasteiger partial charge in [0.05, 0.1) is 7.11 Å². The van der Waals surface area contributed by atoms with Crippen molar-refractivity contribution in [3.05, 3.63) is 59.9 Å². The van der Waals surface area contributed by atoms with Crippen molar-refractivity contribution in [2.24, 2.45) is 0 Å². The van der Waals surface area contributed by atoms with Gasteiger partial charge in [-0.25, -0.2) is 0 Å². The summed E-state index contributed by atoms with van der Waals surface area (Å²) in [5.74, 6) is 6.93. The van der Waals surface area contributed by atoms with Gasteiger partial charge in [0, 0.05) is 23.5 Å². The number of methoxy groups -OCH3 is 1. The largest absolute Gasteiger partial charge is 0.497 e. The molecule has 0 saturated carbocycles. The lowest BCUT2D eigenvalue weighted by molar-refractivity contribution is 0.414. The van der Waals surface area contributed by atoms with Crippen LogP contribution in [0.5, 0.6) is 5.75 Å². The fourth-order valence-electron chi connectivity index (χ4n) is 1.28. The predicted octanol–water partition coefficient (Wildman–Crippen LogP) is 2.91. The van der Waals surface area contributed by atoms with Crippen molar-refractivity contribution >= 4 is 12.4 Å². The number of nitrogens with zero attached hydrogens (tertiary/aromatic N) is 1. The predicted molar refractivity (Wildman–Crippen MR) is 70.5 cm³/mol. The molecule has 0 radical (unpaired) electrons. The maximum Gasteiger partial charge on any atom is 0.120 e. The topological polar surface area (TPSA) is 22.1 Å². The maximum absolute atomic E-state index is 5.13. The average molecular weight is 246 g/mol. The van der Waals surface area contributed by atoms with E-state index in [1.165, 1.54) is 0 Å². The molecule has 1 heterocycles. The van der Waals surface area contributed by atoms with Gasteiger partial charge in [-0.3, -0.25) is 4.98 Å². The lowest BCUT2D eigenvalue weighted by atomic mass is 10.2. The third kappa shape index (κ3) is 3.82. The number of ether oxygens (including phenoxy) is 1. The Morgan fingerprint density at radius 2 is 1.82 bits per heavy atom. The van der Waals surface area contributed by atoms with Crippen LogP contribution in [0.4, 0.5) is 0 Å². The van der Waals surface area contributed by atoms with Crippen molar-refractivity contribution in [1.82, 2.24) is 4.98 Å². The van der Waals surface area contributed by atoms with Crippen LogP contribution in [-0.2, 0) is 0 Å². The van der Waals surface area contributed by atoms with E-state index >= 15 is 0 Å². The van der Waals surface area contributed by atoms with Crippen LogP contribution >= 0.6 is 12.4 Å². The molecule has 1 aromatic carbocycles. The minimum atomic E-state index is 0. The summed E-state index contributed by atoms with van der Waals surface area (Å²) in [6.07, 6.45) is 3.48. The summed E-state index contributed by atoms with van der Waals surface area (Å²) in [6, 6.07) is 11.5. The van der Waals surface area contributed by atoms with Gasteiger partial charge in [0.15, 0.2) is 0 Å². The van der Waals surface area contributed by atoms with E-state index in [0.29, 0.717) is 0 Å². The minimum absolute atomic E-state index is 0. The number of rotatable bonds is 1. The highest BCUT2D eigenvalue weighted by molar-refractivity contribution is 5.85. The zero-order chi connectivity index (χ0) is 11.2. The molecule has 2 nitrogen and oxygen atoms in total. The highest BCUT2D eigenvalue weighted by Gasteiger charge is 1.91. The van der Waals surface area contributed by atoms with Gasteiger partial charge in [-0.2, -0.15) is 0 Å². The molecular formula is C14H12ClNO. The molecule has 0 spiro atoms. The maximum atomic E-state index is 5.13. The van der Waals surface area contributed by atoms with Crippen molar-refractivity contribution in [2.75, 3.05) is 7.11 Å². The zero-order valence-corrected chi connectivity index (χ0v) is 10.2. The standard InChI is InChI=1S/C14H11NO.ClH/c1-16-14-6-2-4-12(10-14)7-8-13-5-3-9-15-11-13;/h2-6,9-11H,1H3;1H. The van der Waals surface area contributed by atoms with Crippen LogP contribution in [0.2, 0.25) is 0 Å². The molecule has 17 heavy (non-hydrogen) atoms. The Bertz CT molecular complexity index is 529. The van der Waals surface area contributed by atoms with E-state index in [1.54, 1.807) is 19.5 Å². The van der Waals surface area contributed by atoms with Crippen LogP contribution in [-0.4, -0.2) is 12.1 Å². The number of hydrogen-bond donors (Lipinski definition) is 0. The Kier molecular flexibility index (Phi) is 5.06. The molecule has 0 aliphatic carbocycles. The van der Waals surface area contributed by atoms with Gasteiger partial charge in [-0.1, -0.05) is 17.9 Å². The molecule has 0 aliphatic heterocycles. The number of hydrogen-bond acceptors (Lipinski definition) is 2. The van der Waals surface area contributed by atoms with Crippen LogP contribution in [0.1, 0.15) is 11.1 Å². The molecule has 0 aliphatic rings. The number of pyridine rings is 1. The van der Waals surface area contributed by atoms with Crippen molar-refractivity contribution in [3.63, 3.8) is 0 Å². The molecule has 0 amide bonds. The molecule has 0 saturated heterocycles. The van der Waals surface area contributed by atoms with Gasteiger partial charge in [0.1, 0.15) is 5.75 Å². The number of aromatic nitrogens is 1. The van der Waals surface area contributed by atoms with Gasteiger partial charge in [-0.15, -0.1) is 12.4 Å². The van der Waals surface area contributed by atoms with Crippen LogP contribution in [0.3, 0.4) is 0 Å². The summed E-state index contributed by atoms with van der Waals surface area (Å²) in [4.78, 5) is 4.00. The summed E-state index contributed by atoms with van der Waals surface area (Å²) < 4.78 is 5.13. The summed E-state index contributed by atoms with van der Waals surface area (Å²) in [5.41, 5.74) is 1.84. The van der Waals surface area contributed by atoms with E-state index in [2.05, 4.69) is 16.8 Å². The quantitative estimate of drug-likeness (QED) is 0.721. The summed E-state index contributed by atoms with van der Waals surface area (Å²) >= 11 is 0. The Morgan fingerprint density at radius 1 is 1.06 bits per heavy atom. The highest BCUT2D eigenvalue weighted by Crippen LogP contribution is 2.11. The molecule has 2 rings (SSSR count). The summed E-state index contributed by atoms with van der Waals surface area (Å²) in [6.45, 7) is 0. The summed E-state index contributed by atoms with van der Waals surface area (Å²) in [7, 11) is 1.65. The SMILES string of the molecule is COc1cccc(C#Cc2cccnc2)c1.Cl. The van der Waals surface area contributed by atoms with Gasteiger partial charge in [0.25, 0.3) is 0 Å². The van der Waals surface area contributed by atoms with E-state index < -0.39 is 0 Å². The van der Waals surface area contributed by atoms with Gasteiger partial charge in [0.2, 0.25) is 0 Å². The van der Waals surface area contributed by atoms with E-state index in [4.69, 9.17) is 4.74 Å². The van der Waals surface area contributed by atoms with E-state index in [0.717, 1.165) is 16.9 Å². The zero-order valence-electron chi connectivity index (χ0n) is 9.38. The first kappa shape index (κ1) is 13.1. The third-order valence-corrected chi connectivity index (χ3v) is 2.08. The fraction of sp³-hybridized carbons (Fsp3) is 0.0714. The first-order valence-electron chi connectivity index (χ1n) is 4.94. The second-order valence-corrected chi connectivity index (χ2v) is 3.22. The molecule has 0 bridgehead atoms. The Hall–Kier alpha value is -1.98. The Balaban J connectivity index is 0.00000144. The van der Waals surface area contributed by atoms with Gasteiger partial charge < -0.3 is 4.74 Å². The van der Waals surface area contributed by atoms with Crippen molar-refractivity contribution in [2.45, 2.75) is 0 Å². The lowest BCUT2D eigenvalue weighted by Gasteiger charge is -1.98. The van der Waals surface area contributed by atoms with E-state index in [1.807, 2.05) is 36.4 Å². The molecular weight excluding hydrogens is 234 g/mol. The van der Waals surface area contributed by atoms with Gasteiger partial charge >= 0.3 is 0 Å². The van der Waals surface area contributed by atoms with Crippen LogP contribution in [0.15, 0.2) is 48.8 Å². The molecule has 3 heteroatoms. The third-order valence-electron chi connectivity index (χ3n) is 2.08. The molecule has 86 valence electrons. The van der Waals surface area contributed by atoms with Crippen molar-refractivity contribution in [3.8, 4) is 17.6 Å². The molecule has 0 atom stereocenters. The van der Waals surface area contributed by atoms with Crippen molar-refractivity contribution in [1.29, 1.82) is 0 Å². The second-order valence-electron chi connectivity index (χ2n) is 3.22. The lowest BCUT2D eigenvalue weighted by Crippen LogP contribution is -1.83. The smallest absolute Gasteiger partial charge is 0.120 e. The van der Waals surface area contributed by atoms with E-state index in [-0.39, 0.29) is 12.4 Å². The number of benzene rings is 1. The normalized spacial score (nSPS) is 8.53. The molecule has 2 aromatic rings. The average Bonchev–Trinajstić information content (AvgIpc) is 2.38. The molecule has 1 aromatic heterocycles. The Labute approximate surface area is 107 Å². The fourth-order valence-corrected chi connectivity index (χ4v) is 1.28. The van der Waals surface area contributed by atoms with E-state index in [9.17, 15) is 0 Å². The molecule has 0 fully saturated rings. The van der Waals surface area contributed by atoms with Crippen LogP contribution < -0.4 is 4.74 Å². The monoisotopic (exact) mass is 245 g/mol. The van der Waals surface area contributed by atoms with Crippen LogP contribution in [0.25, 0.3) is 0 Å². The molecule has 0 N–H and O–H groups in total. The van der Waals surface area contributed by atoms with Crippen LogP contribution in [0, 0.1) is 11.8 Å². The van der Waals surface area contributed by atoms with Crippen molar-refractivity contribution < 1.29 is 4.74 Å².